The van der Waals surface area contributed by atoms with Gasteiger partial charge in [0.25, 0.3) is 0 Å². The lowest BCUT2D eigenvalue weighted by atomic mass is 10.1. The Balaban J connectivity index is 2.21. The summed E-state index contributed by atoms with van der Waals surface area (Å²) in [6.07, 6.45) is 0.0490. The smallest absolute Gasteiger partial charge is 0.231 e. The summed E-state index contributed by atoms with van der Waals surface area (Å²) in [5.74, 6) is 0.840. The van der Waals surface area contributed by atoms with Crippen LogP contribution in [0, 0.1) is 0 Å². The molecule has 1 aliphatic rings. The third-order valence-corrected chi connectivity index (χ3v) is 3.16. The molecule has 0 aliphatic carbocycles. The van der Waals surface area contributed by atoms with Crippen molar-refractivity contribution in [2.75, 3.05) is 18.8 Å². The summed E-state index contributed by atoms with van der Waals surface area (Å²) in [4.78, 5) is 0. The number of aliphatic hydroxyl groups is 1. The molecule has 0 bridgehead atoms. The van der Waals surface area contributed by atoms with Crippen LogP contribution >= 0.6 is 0 Å². The molecule has 5 nitrogen and oxygen atoms in total. The minimum absolute atomic E-state index is 0.154. The van der Waals surface area contributed by atoms with E-state index in [1.165, 1.54) is 0 Å². The second kappa shape index (κ2) is 3.95. The first-order valence-corrected chi connectivity index (χ1v) is 6.77. The molecule has 1 unspecified atom stereocenters. The Morgan fingerprint density at radius 3 is 2.75 bits per heavy atom. The minimum Gasteiger partial charge on any atom is -0.454 e. The van der Waals surface area contributed by atoms with Gasteiger partial charge in [-0.3, -0.25) is 0 Å². The lowest BCUT2D eigenvalue weighted by molar-refractivity contribution is 0.173. The maximum absolute atomic E-state index is 11.0. The zero-order chi connectivity index (χ0) is 11.8. The van der Waals surface area contributed by atoms with Crippen molar-refractivity contribution in [1.82, 2.24) is 0 Å². The molecule has 0 radical (unpaired) electrons. The molecule has 1 aromatic carbocycles. The van der Waals surface area contributed by atoms with Crippen LogP contribution < -0.4 is 9.47 Å². The summed E-state index contributed by atoms with van der Waals surface area (Å²) in [7, 11) is -3.21. The van der Waals surface area contributed by atoms with Crippen LogP contribution in [-0.2, 0) is 9.84 Å². The van der Waals surface area contributed by atoms with Crippen LogP contribution in [0.2, 0.25) is 0 Å². The van der Waals surface area contributed by atoms with Crippen LogP contribution in [0.3, 0.4) is 0 Å². The van der Waals surface area contributed by atoms with E-state index < -0.39 is 15.9 Å². The molecule has 1 atom stereocenters. The van der Waals surface area contributed by atoms with E-state index in [2.05, 4.69) is 0 Å². The van der Waals surface area contributed by atoms with Crippen molar-refractivity contribution in [3.05, 3.63) is 23.8 Å². The predicted molar refractivity (Wildman–Crippen MR) is 57.2 cm³/mol. The molecule has 1 aliphatic heterocycles. The Kier molecular flexibility index (Phi) is 2.77. The summed E-state index contributed by atoms with van der Waals surface area (Å²) < 4.78 is 32.3. The number of ether oxygens (including phenoxy) is 2. The fourth-order valence-electron chi connectivity index (χ4n) is 1.50. The molecule has 0 saturated heterocycles. The zero-order valence-corrected chi connectivity index (χ0v) is 9.53. The summed E-state index contributed by atoms with van der Waals surface area (Å²) in [6.45, 7) is 0.154. The highest BCUT2D eigenvalue weighted by Crippen LogP contribution is 2.34. The highest BCUT2D eigenvalue weighted by atomic mass is 32.2. The number of sulfone groups is 1. The van der Waals surface area contributed by atoms with E-state index in [9.17, 15) is 13.5 Å². The van der Waals surface area contributed by atoms with Crippen LogP contribution in [0.4, 0.5) is 0 Å². The lowest BCUT2D eigenvalue weighted by Gasteiger charge is -2.10. The van der Waals surface area contributed by atoms with Gasteiger partial charge in [0.2, 0.25) is 6.79 Å². The Labute approximate surface area is 93.5 Å². The van der Waals surface area contributed by atoms with Crippen LogP contribution in [0.15, 0.2) is 18.2 Å². The Morgan fingerprint density at radius 2 is 2.06 bits per heavy atom. The maximum Gasteiger partial charge on any atom is 0.231 e. The topological polar surface area (TPSA) is 72.8 Å². The maximum atomic E-state index is 11.0. The second-order valence-electron chi connectivity index (χ2n) is 3.72. The van der Waals surface area contributed by atoms with E-state index in [4.69, 9.17) is 9.47 Å². The molecule has 0 spiro atoms. The predicted octanol–water partition coefficient (Wildman–Crippen LogP) is 0.493. The molecule has 88 valence electrons. The molecule has 1 heterocycles. The van der Waals surface area contributed by atoms with Gasteiger partial charge in [-0.25, -0.2) is 8.42 Å². The van der Waals surface area contributed by atoms with Gasteiger partial charge >= 0.3 is 0 Å². The van der Waals surface area contributed by atoms with Crippen molar-refractivity contribution in [2.24, 2.45) is 0 Å². The molecule has 16 heavy (non-hydrogen) atoms. The fraction of sp³-hybridized carbons (Fsp3) is 0.400. The number of hydrogen-bond donors (Lipinski definition) is 1. The van der Waals surface area contributed by atoms with Crippen molar-refractivity contribution in [2.45, 2.75) is 6.10 Å². The van der Waals surface area contributed by atoms with Crippen LogP contribution in [0.5, 0.6) is 11.5 Å². The standard InChI is InChI=1S/C10H12O5S/c1-16(12,13)5-8(11)7-2-3-9-10(4-7)15-6-14-9/h2-4,8,11H,5-6H2,1H3. The van der Waals surface area contributed by atoms with Crippen molar-refractivity contribution in [3.8, 4) is 11.5 Å². The van der Waals surface area contributed by atoms with Crippen molar-refractivity contribution in [3.63, 3.8) is 0 Å². The summed E-state index contributed by atoms with van der Waals surface area (Å²) >= 11 is 0. The number of aliphatic hydroxyl groups excluding tert-OH is 1. The molecule has 0 saturated carbocycles. The molecule has 0 fully saturated rings. The molecule has 1 aromatic rings. The molecule has 0 aromatic heterocycles. The number of hydrogen-bond acceptors (Lipinski definition) is 5. The van der Waals surface area contributed by atoms with Crippen molar-refractivity contribution >= 4 is 9.84 Å². The molecule has 6 heteroatoms. The van der Waals surface area contributed by atoms with Crippen molar-refractivity contribution in [1.29, 1.82) is 0 Å². The zero-order valence-electron chi connectivity index (χ0n) is 8.71. The first-order valence-electron chi connectivity index (χ1n) is 4.71. The van der Waals surface area contributed by atoms with Gasteiger partial charge in [-0.15, -0.1) is 0 Å². The van der Waals surface area contributed by atoms with E-state index in [1.54, 1.807) is 18.2 Å². The summed E-state index contributed by atoms with van der Waals surface area (Å²) in [6, 6.07) is 4.88. The monoisotopic (exact) mass is 244 g/mol. The average molecular weight is 244 g/mol. The van der Waals surface area contributed by atoms with E-state index >= 15 is 0 Å². The first-order chi connectivity index (χ1) is 7.46. The van der Waals surface area contributed by atoms with Crippen LogP contribution in [0.25, 0.3) is 0 Å². The number of benzene rings is 1. The highest BCUT2D eigenvalue weighted by molar-refractivity contribution is 7.90. The molecular weight excluding hydrogens is 232 g/mol. The van der Waals surface area contributed by atoms with Gasteiger partial charge in [0, 0.05) is 6.26 Å². The molecular formula is C10H12O5S. The van der Waals surface area contributed by atoms with Gasteiger partial charge in [0.1, 0.15) is 9.84 Å². The second-order valence-corrected chi connectivity index (χ2v) is 5.91. The van der Waals surface area contributed by atoms with Crippen LogP contribution in [-0.4, -0.2) is 32.3 Å². The van der Waals surface area contributed by atoms with E-state index in [0.29, 0.717) is 17.1 Å². The Hall–Kier alpha value is -1.27. The summed E-state index contributed by atoms with van der Waals surface area (Å²) in [5.41, 5.74) is 0.509. The quantitative estimate of drug-likeness (QED) is 0.838. The minimum atomic E-state index is -3.21. The van der Waals surface area contributed by atoms with E-state index in [-0.39, 0.29) is 12.5 Å². The van der Waals surface area contributed by atoms with Gasteiger partial charge in [0.15, 0.2) is 11.5 Å². The fourth-order valence-corrected chi connectivity index (χ4v) is 2.27. The summed E-state index contributed by atoms with van der Waals surface area (Å²) in [5, 5.41) is 9.71. The van der Waals surface area contributed by atoms with Gasteiger partial charge in [0.05, 0.1) is 11.9 Å². The number of rotatable bonds is 3. The third kappa shape index (κ3) is 2.45. The number of fused-ring (bicyclic) bond motifs is 1. The molecule has 0 amide bonds. The lowest BCUT2D eigenvalue weighted by Crippen LogP contribution is -2.12. The van der Waals surface area contributed by atoms with Crippen molar-refractivity contribution < 1.29 is 23.0 Å². The highest BCUT2D eigenvalue weighted by Gasteiger charge is 2.19. The van der Waals surface area contributed by atoms with Gasteiger partial charge in [-0.2, -0.15) is 0 Å². The molecule has 2 rings (SSSR count). The molecule has 1 N–H and O–H groups in total. The van der Waals surface area contributed by atoms with E-state index in [0.717, 1.165) is 6.26 Å². The Morgan fingerprint density at radius 1 is 1.38 bits per heavy atom. The van der Waals surface area contributed by atoms with Gasteiger partial charge in [-0.1, -0.05) is 6.07 Å². The van der Waals surface area contributed by atoms with E-state index in [1.807, 2.05) is 0 Å². The van der Waals surface area contributed by atoms with Crippen LogP contribution in [0.1, 0.15) is 11.7 Å². The average Bonchev–Trinajstić information content (AvgIpc) is 2.61. The third-order valence-electron chi connectivity index (χ3n) is 2.24. The first kappa shape index (κ1) is 11.2. The largest absolute Gasteiger partial charge is 0.454 e. The van der Waals surface area contributed by atoms with Gasteiger partial charge in [-0.05, 0) is 17.7 Å². The Bertz CT molecular complexity index is 494. The SMILES string of the molecule is CS(=O)(=O)CC(O)c1ccc2c(c1)OCO2. The van der Waals surface area contributed by atoms with Gasteiger partial charge < -0.3 is 14.6 Å². The normalized spacial score (nSPS) is 16.1.